The second-order valence-electron chi connectivity index (χ2n) is 4.16. The van der Waals surface area contributed by atoms with Crippen LogP contribution in [0.1, 0.15) is 19.8 Å². The Balaban J connectivity index is 3.63. The van der Waals surface area contributed by atoms with Gasteiger partial charge in [-0.2, -0.15) is 0 Å². The van der Waals surface area contributed by atoms with Crippen LogP contribution in [0.3, 0.4) is 0 Å². The minimum Gasteiger partial charge on any atom is -0.465 e. The molecule has 0 bridgehead atoms. The molecule has 0 saturated heterocycles. The molecule has 0 amide bonds. The molecule has 0 spiro atoms. The summed E-state index contributed by atoms with van der Waals surface area (Å²) in [6.45, 7) is 3.73. The number of aliphatic hydroxyl groups is 2. The van der Waals surface area contributed by atoms with Crippen LogP contribution in [0.25, 0.3) is 0 Å². The summed E-state index contributed by atoms with van der Waals surface area (Å²) in [6.07, 6.45) is -1.42. The van der Waals surface area contributed by atoms with E-state index in [2.05, 4.69) is 11.3 Å². The molecule has 1 unspecified atom stereocenters. The van der Waals surface area contributed by atoms with Crippen molar-refractivity contribution in [3.8, 4) is 0 Å². The molecule has 0 rings (SSSR count). The van der Waals surface area contributed by atoms with Crippen LogP contribution >= 0.6 is 0 Å². The molecular weight excluding hydrogens is 284 g/mol. The first-order valence-corrected chi connectivity index (χ1v) is 6.29. The topological polar surface area (TPSA) is 119 Å². The first kappa shape index (κ1) is 19.1. The quantitative estimate of drug-likeness (QED) is 0.310. The van der Waals surface area contributed by atoms with Crippen molar-refractivity contribution in [1.29, 1.82) is 0 Å². The number of rotatable bonds is 10. The molecule has 0 aromatic rings. The van der Waals surface area contributed by atoms with Crippen LogP contribution < -0.4 is 0 Å². The fraction of sp³-hybridized carbons (Fsp3) is 0.615. The fourth-order valence-corrected chi connectivity index (χ4v) is 0.985. The number of ether oxygens (including phenoxy) is 3. The lowest BCUT2D eigenvalue weighted by Gasteiger charge is -2.09. The standard InChI is InChI=1S/C13H20O8/c1-9(2)13(18)20-6-4-11(16)19-5-3-12(17)21-8-10(15)7-14/h10,14-15H,1,3-8H2,2H3. The summed E-state index contributed by atoms with van der Waals surface area (Å²) in [6, 6.07) is 0. The van der Waals surface area contributed by atoms with E-state index in [1.807, 2.05) is 0 Å². The number of hydrogen-bond acceptors (Lipinski definition) is 8. The molecule has 8 nitrogen and oxygen atoms in total. The van der Waals surface area contributed by atoms with Gasteiger partial charge < -0.3 is 24.4 Å². The average Bonchev–Trinajstić information content (AvgIpc) is 2.44. The third-order valence-corrected chi connectivity index (χ3v) is 2.10. The highest BCUT2D eigenvalue weighted by molar-refractivity contribution is 5.87. The second kappa shape index (κ2) is 10.8. The second-order valence-corrected chi connectivity index (χ2v) is 4.16. The lowest BCUT2D eigenvalue weighted by Crippen LogP contribution is -2.22. The Labute approximate surface area is 122 Å². The first-order valence-electron chi connectivity index (χ1n) is 6.29. The van der Waals surface area contributed by atoms with Crippen molar-refractivity contribution in [2.75, 3.05) is 26.4 Å². The van der Waals surface area contributed by atoms with Gasteiger partial charge in [-0.25, -0.2) is 4.79 Å². The van der Waals surface area contributed by atoms with E-state index in [1.165, 1.54) is 6.92 Å². The predicted molar refractivity (Wildman–Crippen MR) is 70.0 cm³/mol. The summed E-state index contributed by atoms with van der Waals surface area (Å²) >= 11 is 0. The van der Waals surface area contributed by atoms with Crippen molar-refractivity contribution >= 4 is 17.9 Å². The fourth-order valence-electron chi connectivity index (χ4n) is 0.985. The summed E-state index contributed by atoms with van der Waals surface area (Å²) in [5.41, 5.74) is 0.233. The van der Waals surface area contributed by atoms with Crippen LogP contribution in [0, 0.1) is 0 Å². The van der Waals surface area contributed by atoms with Crippen molar-refractivity contribution in [1.82, 2.24) is 0 Å². The van der Waals surface area contributed by atoms with Gasteiger partial charge in [0.1, 0.15) is 25.9 Å². The van der Waals surface area contributed by atoms with Crippen LogP contribution in [-0.2, 0) is 28.6 Å². The van der Waals surface area contributed by atoms with Crippen molar-refractivity contribution in [2.45, 2.75) is 25.9 Å². The van der Waals surface area contributed by atoms with E-state index in [-0.39, 0.29) is 38.2 Å². The lowest BCUT2D eigenvalue weighted by molar-refractivity contribution is -0.152. The van der Waals surface area contributed by atoms with Crippen LogP contribution in [0.15, 0.2) is 12.2 Å². The molecule has 2 N–H and O–H groups in total. The summed E-state index contributed by atoms with van der Waals surface area (Å²) in [4.78, 5) is 33.4. The molecule has 0 fully saturated rings. The van der Waals surface area contributed by atoms with Crippen LogP contribution in [0.2, 0.25) is 0 Å². The van der Waals surface area contributed by atoms with Gasteiger partial charge in [-0.05, 0) is 6.92 Å². The van der Waals surface area contributed by atoms with E-state index in [1.54, 1.807) is 0 Å². The average molecular weight is 304 g/mol. The normalized spacial score (nSPS) is 11.4. The molecular formula is C13H20O8. The molecule has 0 heterocycles. The number of carbonyl (C=O) groups excluding carboxylic acids is 3. The summed E-state index contributed by atoms with van der Waals surface area (Å²) in [5, 5.41) is 17.4. The van der Waals surface area contributed by atoms with E-state index in [9.17, 15) is 14.4 Å². The van der Waals surface area contributed by atoms with Crippen molar-refractivity contribution in [2.24, 2.45) is 0 Å². The van der Waals surface area contributed by atoms with Crippen LogP contribution in [0.5, 0.6) is 0 Å². The molecule has 8 heteroatoms. The van der Waals surface area contributed by atoms with E-state index >= 15 is 0 Å². The van der Waals surface area contributed by atoms with Gasteiger partial charge >= 0.3 is 17.9 Å². The highest BCUT2D eigenvalue weighted by Gasteiger charge is 2.10. The van der Waals surface area contributed by atoms with Gasteiger partial charge in [0.15, 0.2) is 0 Å². The van der Waals surface area contributed by atoms with Gasteiger partial charge in [0, 0.05) is 5.57 Å². The van der Waals surface area contributed by atoms with E-state index in [0.29, 0.717) is 0 Å². The summed E-state index contributed by atoms with van der Waals surface area (Å²) in [5.74, 6) is -1.87. The Kier molecular flexibility index (Phi) is 9.82. The molecule has 0 aliphatic carbocycles. The Bertz CT molecular complexity index is 376. The predicted octanol–water partition coefficient (Wildman–Crippen LogP) is -0.675. The van der Waals surface area contributed by atoms with Gasteiger partial charge in [-0.15, -0.1) is 0 Å². The van der Waals surface area contributed by atoms with Gasteiger partial charge in [-0.3, -0.25) is 9.59 Å². The maximum Gasteiger partial charge on any atom is 0.333 e. The minimum absolute atomic E-state index is 0.127. The molecule has 0 saturated carbocycles. The maximum atomic E-state index is 11.2. The van der Waals surface area contributed by atoms with E-state index in [4.69, 9.17) is 19.7 Å². The SMILES string of the molecule is C=C(C)C(=O)OCCC(=O)OCCC(=O)OCC(O)CO. The number of esters is 3. The highest BCUT2D eigenvalue weighted by atomic mass is 16.6. The van der Waals surface area contributed by atoms with Gasteiger partial charge in [0.2, 0.25) is 0 Å². The molecule has 120 valence electrons. The largest absolute Gasteiger partial charge is 0.465 e. The maximum absolute atomic E-state index is 11.2. The zero-order chi connectivity index (χ0) is 16.3. The third-order valence-electron chi connectivity index (χ3n) is 2.10. The van der Waals surface area contributed by atoms with Crippen molar-refractivity contribution < 1.29 is 38.8 Å². The van der Waals surface area contributed by atoms with Crippen molar-refractivity contribution in [3.05, 3.63) is 12.2 Å². The Morgan fingerprint density at radius 1 is 1.05 bits per heavy atom. The molecule has 0 radical (unpaired) electrons. The smallest absolute Gasteiger partial charge is 0.333 e. The molecule has 21 heavy (non-hydrogen) atoms. The minimum atomic E-state index is -1.13. The molecule has 1 atom stereocenters. The number of carbonyl (C=O) groups is 3. The van der Waals surface area contributed by atoms with E-state index < -0.39 is 30.6 Å². The molecule has 0 aromatic heterocycles. The summed E-state index contributed by atoms with van der Waals surface area (Å²) in [7, 11) is 0. The first-order chi connectivity index (χ1) is 9.86. The lowest BCUT2D eigenvalue weighted by atomic mass is 10.3. The highest BCUT2D eigenvalue weighted by Crippen LogP contribution is 1.96. The van der Waals surface area contributed by atoms with Crippen LogP contribution in [0.4, 0.5) is 0 Å². The zero-order valence-corrected chi connectivity index (χ0v) is 11.9. The third kappa shape index (κ3) is 10.5. The molecule has 0 aromatic carbocycles. The zero-order valence-electron chi connectivity index (χ0n) is 11.9. The molecule has 0 aliphatic rings. The summed E-state index contributed by atoms with van der Waals surface area (Å²) < 4.78 is 14.0. The van der Waals surface area contributed by atoms with Crippen molar-refractivity contribution in [3.63, 3.8) is 0 Å². The van der Waals surface area contributed by atoms with Crippen LogP contribution in [-0.4, -0.2) is 60.7 Å². The monoisotopic (exact) mass is 304 g/mol. The van der Waals surface area contributed by atoms with Gasteiger partial charge in [-0.1, -0.05) is 6.58 Å². The van der Waals surface area contributed by atoms with Gasteiger partial charge in [0.05, 0.1) is 19.4 Å². The Hall–Kier alpha value is -1.93. The Morgan fingerprint density at radius 3 is 2.10 bits per heavy atom. The number of aliphatic hydroxyl groups excluding tert-OH is 2. The Morgan fingerprint density at radius 2 is 1.57 bits per heavy atom. The van der Waals surface area contributed by atoms with E-state index in [0.717, 1.165) is 0 Å². The number of hydrogen-bond donors (Lipinski definition) is 2. The van der Waals surface area contributed by atoms with Gasteiger partial charge in [0.25, 0.3) is 0 Å². The molecule has 0 aliphatic heterocycles.